The molecular formula is C23H23F3N2O4. The zero-order valence-corrected chi connectivity index (χ0v) is 17.3. The van der Waals surface area contributed by atoms with E-state index in [1.54, 1.807) is 17.0 Å². The number of alkyl halides is 3. The van der Waals surface area contributed by atoms with Crippen molar-refractivity contribution in [3.05, 3.63) is 70.8 Å². The number of carbonyl (C=O) groups excluding carboxylic acids is 1. The number of amides is 1. The van der Waals surface area contributed by atoms with Gasteiger partial charge in [0.15, 0.2) is 0 Å². The van der Waals surface area contributed by atoms with Gasteiger partial charge in [0.05, 0.1) is 17.7 Å². The van der Waals surface area contributed by atoms with Crippen LogP contribution in [-0.4, -0.2) is 52.2 Å². The van der Waals surface area contributed by atoms with Crippen molar-refractivity contribution in [2.24, 2.45) is 0 Å². The highest BCUT2D eigenvalue weighted by Gasteiger charge is 2.46. The summed E-state index contributed by atoms with van der Waals surface area (Å²) in [6.45, 7) is 2.70. The van der Waals surface area contributed by atoms with Crippen LogP contribution < -0.4 is 0 Å². The van der Waals surface area contributed by atoms with E-state index in [0.717, 1.165) is 23.3 Å². The van der Waals surface area contributed by atoms with E-state index in [1.165, 1.54) is 24.3 Å². The maximum atomic E-state index is 12.7. The number of piperidine rings is 1. The van der Waals surface area contributed by atoms with Gasteiger partial charge in [-0.15, -0.1) is 0 Å². The van der Waals surface area contributed by atoms with Crippen LogP contribution in [0.2, 0.25) is 0 Å². The highest BCUT2D eigenvalue weighted by Crippen LogP contribution is 2.35. The molecule has 2 fully saturated rings. The Morgan fingerprint density at radius 1 is 0.969 bits per heavy atom. The number of ether oxygens (including phenoxy) is 1. The van der Waals surface area contributed by atoms with Gasteiger partial charge in [-0.25, -0.2) is 9.59 Å². The molecule has 0 aliphatic carbocycles. The van der Waals surface area contributed by atoms with Crippen molar-refractivity contribution in [2.45, 2.75) is 37.7 Å². The van der Waals surface area contributed by atoms with Crippen LogP contribution in [0, 0.1) is 0 Å². The van der Waals surface area contributed by atoms with Crippen molar-refractivity contribution in [3.8, 4) is 0 Å². The van der Waals surface area contributed by atoms with Crippen LogP contribution in [0.1, 0.15) is 39.9 Å². The molecule has 1 spiro atoms. The predicted molar refractivity (Wildman–Crippen MR) is 109 cm³/mol. The number of nitrogens with zero attached hydrogens (tertiary/aromatic N) is 2. The first kappa shape index (κ1) is 22.1. The Balaban J connectivity index is 1.31. The lowest BCUT2D eigenvalue weighted by molar-refractivity contribution is -0.137. The van der Waals surface area contributed by atoms with Crippen molar-refractivity contribution < 1.29 is 32.6 Å². The Kier molecular flexibility index (Phi) is 5.85. The third-order valence-corrected chi connectivity index (χ3v) is 6.07. The van der Waals surface area contributed by atoms with Crippen LogP contribution in [-0.2, 0) is 24.0 Å². The third kappa shape index (κ3) is 4.88. The number of carboxylic acids is 1. The molecule has 170 valence electrons. The van der Waals surface area contributed by atoms with E-state index in [1.807, 2.05) is 0 Å². The maximum Gasteiger partial charge on any atom is 0.416 e. The second-order valence-corrected chi connectivity index (χ2v) is 8.38. The van der Waals surface area contributed by atoms with Gasteiger partial charge >= 0.3 is 18.2 Å². The van der Waals surface area contributed by atoms with Crippen LogP contribution in [0.15, 0.2) is 48.5 Å². The molecule has 0 unspecified atom stereocenters. The fourth-order valence-electron chi connectivity index (χ4n) is 4.22. The normalized spacial score (nSPS) is 18.7. The molecule has 0 saturated carbocycles. The number of hydrogen-bond donors (Lipinski definition) is 1. The van der Waals surface area contributed by atoms with Crippen LogP contribution >= 0.6 is 0 Å². The minimum Gasteiger partial charge on any atom is -0.478 e. The summed E-state index contributed by atoms with van der Waals surface area (Å²) in [6, 6.07) is 11.6. The van der Waals surface area contributed by atoms with Crippen LogP contribution in [0.25, 0.3) is 0 Å². The smallest absolute Gasteiger partial charge is 0.416 e. The molecule has 1 N–H and O–H groups in total. The Bertz CT molecular complexity index is 982. The monoisotopic (exact) mass is 448 g/mol. The molecule has 32 heavy (non-hydrogen) atoms. The average Bonchev–Trinajstić information content (AvgIpc) is 3.04. The number of benzene rings is 2. The first-order chi connectivity index (χ1) is 15.1. The molecule has 2 aliphatic heterocycles. The van der Waals surface area contributed by atoms with E-state index in [0.29, 0.717) is 45.6 Å². The molecule has 0 atom stereocenters. The van der Waals surface area contributed by atoms with Gasteiger partial charge in [0, 0.05) is 39.0 Å². The Hall–Kier alpha value is -3.07. The molecular weight excluding hydrogens is 425 g/mol. The van der Waals surface area contributed by atoms with Crippen LogP contribution in [0.3, 0.4) is 0 Å². The van der Waals surface area contributed by atoms with E-state index >= 15 is 0 Å². The summed E-state index contributed by atoms with van der Waals surface area (Å²) in [5, 5.41) is 8.99. The summed E-state index contributed by atoms with van der Waals surface area (Å²) < 4.78 is 43.9. The molecule has 0 radical (unpaired) electrons. The second kappa shape index (κ2) is 8.46. The van der Waals surface area contributed by atoms with Crippen LogP contribution in [0.5, 0.6) is 0 Å². The number of halogens is 3. The van der Waals surface area contributed by atoms with Crippen molar-refractivity contribution in [1.82, 2.24) is 9.80 Å². The maximum absolute atomic E-state index is 12.7. The van der Waals surface area contributed by atoms with E-state index in [2.05, 4.69) is 4.90 Å². The highest BCUT2D eigenvalue weighted by atomic mass is 19.4. The molecule has 0 aromatic heterocycles. The van der Waals surface area contributed by atoms with Gasteiger partial charge in [0.2, 0.25) is 0 Å². The number of likely N-dealkylation sites (tertiary alicyclic amines) is 1. The number of rotatable bonds is 5. The first-order valence-electron chi connectivity index (χ1n) is 10.3. The molecule has 2 heterocycles. The van der Waals surface area contributed by atoms with E-state index in [9.17, 15) is 22.8 Å². The molecule has 2 aliphatic rings. The summed E-state index contributed by atoms with van der Waals surface area (Å²) in [7, 11) is 0. The number of carbonyl (C=O) groups is 2. The summed E-state index contributed by atoms with van der Waals surface area (Å²) in [5.74, 6) is -1.00. The zero-order valence-electron chi connectivity index (χ0n) is 17.3. The number of aromatic carboxylic acids is 1. The first-order valence-corrected chi connectivity index (χ1v) is 10.3. The fourth-order valence-corrected chi connectivity index (χ4v) is 4.22. The number of hydrogen-bond acceptors (Lipinski definition) is 4. The van der Waals surface area contributed by atoms with Gasteiger partial charge in [-0.1, -0.05) is 24.3 Å². The van der Waals surface area contributed by atoms with Crippen molar-refractivity contribution in [3.63, 3.8) is 0 Å². The molecule has 0 bridgehead atoms. The Morgan fingerprint density at radius 3 is 2.09 bits per heavy atom. The molecule has 6 nitrogen and oxygen atoms in total. The topological polar surface area (TPSA) is 70.1 Å². The van der Waals surface area contributed by atoms with Crippen LogP contribution in [0.4, 0.5) is 18.0 Å². The van der Waals surface area contributed by atoms with E-state index < -0.39 is 23.3 Å². The Labute approximate surface area is 183 Å². The minimum absolute atomic E-state index is 0.189. The summed E-state index contributed by atoms with van der Waals surface area (Å²) in [6.07, 6.45) is -3.43. The zero-order chi connectivity index (χ0) is 22.9. The molecule has 1 amide bonds. The molecule has 9 heteroatoms. The SMILES string of the molecule is O=C(O)c1ccc(CN2CC3(CCN(Cc4ccc(C(F)(F)F)cc4)CC3)OC2=O)cc1. The third-order valence-electron chi connectivity index (χ3n) is 6.07. The quantitative estimate of drug-likeness (QED) is 0.735. The second-order valence-electron chi connectivity index (χ2n) is 8.38. The van der Waals surface area contributed by atoms with Gasteiger partial charge in [0.1, 0.15) is 5.60 Å². The minimum atomic E-state index is -4.34. The van der Waals surface area contributed by atoms with Gasteiger partial charge in [0.25, 0.3) is 0 Å². The number of carboxylic acid groups (broad SMARTS) is 1. The largest absolute Gasteiger partial charge is 0.478 e. The lowest BCUT2D eigenvalue weighted by Gasteiger charge is -2.37. The fraction of sp³-hybridized carbons (Fsp3) is 0.391. The average molecular weight is 448 g/mol. The standard InChI is InChI=1S/C23H23F3N2O4/c24-23(25,26)19-7-3-16(4-8-19)13-27-11-9-22(10-12-27)15-28(21(31)32-22)14-17-1-5-18(6-2-17)20(29)30/h1-8H,9-15H2,(H,29,30). The predicted octanol–water partition coefficient (Wildman–Crippen LogP) is 4.39. The van der Waals surface area contributed by atoms with Gasteiger partial charge in [-0.05, 0) is 35.4 Å². The van der Waals surface area contributed by atoms with Gasteiger partial charge in [-0.3, -0.25) is 9.80 Å². The summed E-state index contributed by atoms with van der Waals surface area (Å²) in [4.78, 5) is 27.2. The van der Waals surface area contributed by atoms with Crippen molar-refractivity contribution in [2.75, 3.05) is 19.6 Å². The lowest BCUT2D eigenvalue weighted by atomic mass is 9.91. The molecule has 4 rings (SSSR count). The summed E-state index contributed by atoms with van der Waals surface area (Å²) >= 11 is 0. The van der Waals surface area contributed by atoms with Gasteiger partial charge < -0.3 is 9.84 Å². The molecule has 2 aromatic carbocycles. The van der Waals surface area contributed by atoms with Crippen molar-refractivity contribution in [1.29, 1.82) is 0 Å². The molecule has 2 aromatic rings. The molecule has 2 saturated heterocycles. The lowest BCUT2D eigenvalue weighted by Crippen LogP contribution is -2.46. The van der Waals surface area contributed by atoms with Gasteiger partial charge in [-0.2, -0.15) is 13.2 Å². The summed E-state index contributed by atoms with van der Waals surface area (Å²) in [5.41, 5.74) is 0.603. The highest BCUT2D eigenvalue weighted by molar-refractivity contribution is 5.87. The van der Waals surface area contributed by atoms with E-state index in [-0.39, 0.29) is 11.7 Å². The van der Waals surface area contributed by atoms with E-state index in [4.69, 9.17) is 9.84 Å². The van der Waals surface area contributed by atoms with Crippen molar-refractivity contribution >= 4 is 12.1 Å². The Morgan fingerprint density at radius 2 is 1.53 bits per heavy atom.